The highest BCUT2D eigenvalue weighted by Crippen LogP contribution is 2.20. The monoisotopic (exact) mass is 200 g/mol. The summed E-state index contributed by atoms with van der Waals surface area (Å²) in [7, 11) is 1.49. The van der Waals surface area contributed by atoms with E-state index in [-0.39, 0.29) is 18.3 Å². The Labute approximate surface area is 80.4 Å². The normalized spacial score (nSPS) is 9.64. The molecular formula is C9H10F2N2O. The molecule has 0 saturated heterocycles. The summed E-state index contributed by atoms with van der Waals surface area (Å²) in [6.45, 7) is 3.52. The number of halogens is 2. The maximum Gasteiger partial charge on any atom is 0.252 e. The second-order valence-electron chi connectivity index (χ2n) is 2.46. The van der Waals surface area contributed by atoms with Gasteiger partial charge in [-0.05, 0) is 0 Å². The molecule has 3 nitrogen and oxygen atoms in total. The van der Waals surface area contributed by atoms with E-state index in [0.29, 0.717) is 0 Å². The van der Waals surface area contributed by atoms with Gasteiger partial charge < -0.3 is 10.1 Å². The highest BCUT2D eigenvalue weighted by atomic mass is 19.1. The minimum atomic E-state index is -0.830. The van der Waals surface area contributed by atoms with Crippen molar-refractivity contribution in [3.8, 4) is 5.88 Å². The summed E-state index contributed by atoms with van der Waals surface area (Å²) in [5.74, 6) is -1.87. The number of pyridine rings is 1. The van der Waals surface area contributed by atoms with Crippen molar-refractivity contribution in [2.45, 2.75) is 0 Å². The number of hydrogen-bond donors (Lipinski definition) is 1. The third-order valence-electron chi connectivity index (χ3n) is 1.47. The van der Waals surface area contributed by atoms with E-state index in [2.05, 4.69) is 16.9 Å². The Morgan fingerprint density at radius 3 is 2.86 bits per heavy atom. The third kappa shape index (κ3) is 2.18. The van der Waals surface area contributed by atoms with Gasteiger partial charge >= 0.3 is 0 Å². The predicted octanol–water partition coefficient (Wildman–Crippen LogP) is 1.97. The summed E-state index contributed by atoms with van der Waals surface area (Å²) < 4.78 is 30.8. The van der Waals surface area contributed by atoms with Gasteiger partial charge in [0.1, 0.15) is 6.61 Å². The molecule has 5 heteroatoms. The molecule has 1 rings (SSSR count). The number of nitrogens with zero attached hydrogens (tertiary/aromatic N) is 1. The molecule has 14 heavy (non-hydrogen) atoms. The van der Waals surface area contributed by atoms with Crippen LogP contribution in [0, 0.1) is 11.6 Å². The molecule has 0 aliphatic heterocycles. The Morgan fingerprint density at radius 1 is 1.57 bits per heavy atom. The molecule has 0 fully saturated rings. The topological polar surface area (TPSA) is 34.1 Å². The van der Waals surface area contributed by atoms with Crippen molar-refractivity contribution >= 4 is 5.82 Å². The molecule has 1 aromatic rings. The van der Waals surface area contributed by atoms with Crippen molar-refractivity contribution in [3.05, 3.63) is 30.4 Å². The van der Waals surface area contributed by atoms with Crippen LogP contribution in [0.4, 0.5) is 14.6 Å². The Bertz CT molecular complexity index is 342. The molecule has 0 aromatic carbocycles. The molecule has 76 valence electrons. The van der Waals surface area contributed by atoms with E-state index in [9.17, 15) is 8.78 Å². The maximum absolute atomic E-state index is 13.0. The van der Waals surface area contributed by atoms with Gasteiger partial charge in [0.25, 0.3) is 5.88 Å². The summed E-state index contributed by atoms with van der Waals surface area (Å²) in [5.41, 5.74) is 0. The first-order valence-corrected chi connectivity index (χ1v) is 3.96. The second kappa shape index (κ2) is 4.55. The van der Waals surface area contributed by atoms with E-state index < -0.39 is 11.6 Å². The molecule has 0 saturated carbocycles. The van der Waals surface area contributed by atoms with Crippen LogP contribution in [0.5, 0.6) is 5.88 Å². The van der Waals surface area contributed by atoms with Crippen LogP contribution in [0.2, 0.25) is 0 Å². The third-order valence-corrected chi connectivity index (χ3v) is 1.47. The summed E-state index contributed by atoms with van der Waals surface area (Å²) in [5, 5.41) is 2.48. The van der Waals surface area contributed by atoms with Crippen molar-refractivity contribution in [2.24, 2.45) is 0 Å². The quantitative estimate of drug-likeness (QED) is 0.754. The van der Waals surface area contributed by atoms with E-state index in [1.165, 1.54) is 13.1 Å². The van der Waals surface area contributed by atoms with Crippen molar-refractivity contribution in [1.82, 2.24) is 4.98 Å². The van der Waals surface area contributed by atoms with Crippen molar-refractivity contribution in [2.75, 3.05) is 19.0 Å². The molecule has 0 bridgehead atoms. The van der Waals surface area contributed by atoms with Gasteiger partial charge in [-0.25, -0.2) is 8.78 Å². The van der Waals surface area contributed by atoms with Crippen LogP contribution in [0.25, 0.3) is 0 Å². The lowest BCUT2D eigenvalue weighted by Crippen LogP contribution is -2.03. The number of hydrogen-bond acceptors (Lipinski definition) is 3. The van der Waals surface area contributed by atoms with Crippen LogP contribution in [-0.4, -0.2) is 18.6 Å². The first-order valence-electron chi connectivity index (χ1n) is 3.96. The number of ether oxygens (including phenoxy) is 1. The highest BCUT2D eigenvalue weighted by Gasteiger charge is 2.11. The fourth-order valence-electron chi connectivity index (χ4n) is 0.864. The number of aromatic nitrogens is 1. The zero-order valence-electron chi connectivity index (χ0n) is 7.68. The van der Waals surface area contributed by atoms with Crippen LogP contribution in [0.15, 0.2) is 18.7 Å². The summed E-state index contributed by atoms with van der Waals surface area (Å²) in [6.07, 6.45) is 1.45. The predicted molar refractivity (Wildman–Crippen MR) is 49.4 cm³/mol. The van der Waals surface area contributed by atoms with Crippen LogP contribution in [0.1, 0.15) is 0 Å². The standard InChI is InChI=1S/C9H10F2N2O/c1-3-4-14-9-7(11)5-6(10)8(12-2)13-9/h3,5H,1,4H2,2H3,(H,12,13). The van der Waals surface area contributed by atoms with Gasteiger partial charge in [0, 0.05) is 13.1 Å². The molecule has 0 aliphatic carbocycles. The van der Waals surface area contributed by atoms with Crippen LogP contribution < -0.4 is 10.1 Å². The Hall–Kier alpha value is -1.65. The van der Waals surface area contributed by atoms with E-state index in [0.717, 1.165) is 6.07 Å². The molecular weight excluding hydrogens is 190 g/mol. The average molecular weight is 200 g/mol. The molecule has 0 aliphatic rings. The molecule has 0 atom stereocenters. The zero-order chi connectivity index (χ0) is 10.6. The van der Waals surface area contributed by atoms with Crippen LogP contribution in [-0.2, 0) is 0 Å². The first-order chi connectivity index (χ1) is 6.69. The van der Waals surface area contributed by atoms with Gasteiger partial charge in [-0.3, -0.25) is 0 Å². The fraction of sp³-hybridized carbons (Fsp3) is 0.222. The van der Waals surface area contributed by atoms with Crippen molar-refractivity contribution in [3.63, 3.8) is 0 Å². The molecule has 0 radical (unpaired) electrons. The van der Waals surface area contributed by atoms with Gasteiger partial charge in [-0.1, -0.05) is 12.7 Å². The smallest absolute Gasteiger partial charge is 0.252 e. The summed E-state index contributed by atoms with van der Waals surface area (Å²) >= 11 is 0. The van der Waals surface area contributed by atoms with Gasteiger partial charge in [-0.2, -0.15) is 4.98 Å². The lowest BCUT2D eigenvalue weighted by molar-refractivity contribution is 0.325. The first kappa shape index (κ1) is 10.4. The maximum atomic E-state index is 13.0. The van der Waals surface area contributed by atoms with Crippen LogP contribution in [0.3, 0.4) is 0 Å². The Morgan fingerprint density at radius 2 is 2.29 bits per heavy atom. The number of rotatable bonds is 4. The molecule has 0 unspecified atom stereocenters. The molecule has 0 spiro atoms. The van der Waals surface area contributed by atoms with Gasteiger partial charge in [-0.15, -0.1) is 0 Å². The van der Waals surface area contributed by atoms with Gasteiger partial charge in [0.2, 0.25) is 0 Å². The largest absolute Gasteiger partial charge is 0.471 e. The van der Waals surface area contributed by atoms with E-state index in [4.69, 9.17) is 4.74 Å². The Balaban J connectivity index is 2.98. The molecule has 1 heterocycles. The van der Waals surface area contributed by atoms with Gasteiger partial charge in [0.15, 0.2) is 17.5 Å². The molecule has 0 amide bonds. The van der Waals surface area contributed by atoms with Crippen molar-refractivity contribution in [1.29, 1.82) is 0 Å². The summed E-state index contributed by atoms with van der Waals surface area (Å²) in [4.78, 5) is 3.60. The average Bonchev–Trinajstić information content (AvgIpc) is 2.17. The minimum absolute atomic E-state index is 0.0505. The fourth-order valence-corrected chi connectivity index (χ4v) is 0.864. The second-order valence-corrected chi connectivity index (χ2v) is 2.46. The highest BCUT2D eigenvalue weighted by molar-refractivity contribution is 5.38. The van der Waals surface area contributed by atoms with Crippen molar-refractivity contribution < 1.29 is 13.5 Å². The SMILES string of the molecule is C=CCOc1nc(NC)c(F)cc1F. The molecule has 1 N–H and O–H groups in total. The van der Waals surface area contributed by atoms with E-state index in [1.807, 2.05) is 0 Å². The minimum Gasteiger partial charge on any atom is -0.471 e. The molecule has 1 aromatic heterocycles. The van der Waals surface area contributed by atoms with E-state index >= 15 is 0 Å². The summed E-state index contributed by atoms with van der Waals surface area (Å²) in [6, 6.07) is 0.719. The Kier molecular flexibility index (Phi) is 3.39. The number of anilines is 1. The lowest BCUT2D eigenvalue weighted by Gasteiger charge is -2.06. The zero-order valence-corrected chi connectivity index (χ0v) is 7.68. The van der Waals surface area contributed by atoms with E-state index in [1.54, 1.807) is 0 Å². The lowest BCUT2D eigenvalue weighted by atomic mass is 10.4. The van der Waals surface area contributed by atoms with Gasteiger partial charge in [0.05, 0.1) is 0 Å². The van der Waals surface area contributed by atoms with Crippen LogP contribution >= 0.6 is 0 Å². The number of nitrogens with one attached hydrogen (secondary N) is 1.